The van der Waals surface area contributed by atoms with Crippen molar-refractivity contribution in [2.24, 2.45) is 0 Å². The van der Waals surface area contributed by atoms with Gasteiger partial charge in [0.05, 0.1) is 0 Å². The second-order valence-corrected chi connectivity index (χ2v) is 7.30. The molecule has 0 aromatic heterocycles. The second kappa shape index (κ2) is 3.15. The van der Waals surface area contributed by atoms with Gasteiger partial charge in [0.25, 0.3) is 0 Å². The molecule has 0 aromatic rings. The third kappa shape index (κ3) is 1.88. The summed E-state index contributed by atoms with van der Waals surface area (Å²) in [6.45, 7) is 0. The second-order valence-electron chi connectivity index (χ2n) is 2.11. The van der Waals surface area contributed by atoms with Crippen LogP contribution in [0, 0.1) is 0 Å². The van der Waals surface area contributed by atoms with E-state index in [0.717, 1.165) is 0 Å². The van der Waals surface area contributed by atoms with Crippen molar-refractivity contribution >= 4 is 44.7 Å². The third-order valence-electron chi connectivity index (χ3n) is 1.17. The summed E-state index contributed by atoms with van der Waals surface area (Å²) in [4.78, 5) is 42.6. The summed E-state index contributed by atoms with van der Waals surface area (Å²) in [5.41, 5.74) is 0. The molecule has 0 bridgehead atoms. The first-order chi connectivity index (χ1) is 6.99. The number of hydrogen-bond donors (Lipinski definition) is 0. The average Bonchev–Trinajstić information content (AvgIpc) is 1.96. The Morgan fingerprint density at radius 2 is 0.867 bits per heavy atom. The van der Waals surface area contributed by atoms with Crippen LogP contribution in [0.15, 0.2) is 0 Å². The molecular formula is C4O10Sn. The van der Waals surface area contributed by atoms with Crippen molar-refractivity contribution in [3.05, 3.63) is 0 Å². The predicted molar refractivity (Wildman–Crippen MR) is 33.8 cm³/mol. The first-order valence-electron chi connectivity index (χ1n) is 3.27. The molecule has 0 aromatic carbocycles. The molecule has 2 fully saturated rings. The third-order valence-corrected chi connectivity index (χ3v) is 5.92. The maximum atomic E-state index is 10.6. The van der Waals surface area contributed by atoms with Gasteiger partial charge in [0.15, 0.2) is 0 Å². The molecule has 0 radical (unpaired) electrons. The van der Waals surface area contributed by atoms with E-state index in [1.165, 1.54) is 0 Å². The number of carbonyl (C=O) groups is 4. The van der Waals surface area contributed by atoms with Crippen LogP contribution in [0.4, 0.5) is 19.2 Å². The van der Waals surface area contributed by atoms with Crippen LogP contribution in [0.5, 0.6) is 0 Å². The fourth-order valence-corrected chi connectivity index (χ4v) is 4.27. The van der Waals surface area contributed by atoms with E-state index in [1.807, 2.05) is 0 Å². The van der Waals surface area contributed by atoms with Crippen LogP contribution in [-0.2, 0) is 21.8 Å². The molecule has 0 atom stereocenters. The van der Waals surface area contributed by atoms with Gasteiger partial charge in [-0.1, -0.05) is 0 Å². The Kier molecular flexibility index (Phi) is 2.06. The van der Waals surface area contributed by atoms with Gasteiger partial charge in [-0.05, 0) is 0 Å². The Morgan fingerprint density at radius 3 is 1.13 bits per heavy atom. The Bertz CT molecular complexity index is 300. The van der Waals surface area contributed by atoms with Crippen LogP contribution in [0.2, 0.25) is 0 Å². The zero-order valence-electron chi connectivity index (χ0n) is 6.58. The minimum absolute atomic E-state index is 1.47. The van der Waals surface area contributed by atoms with E-state index in [1.54, 1.807) is 0 Å². The zero-order valence-corrected chi connectivity index (χ0v) is 9.44. The molecule has 0 amide bonds. The van der Waals surface area contributed by atoms with Crippen molar-refractivity contribution in [3.63, 3.8) is 0 Å². The van der Waals surface area contributed by atoms with Crippen LogP contribution >= 0.6 is 0 Å². The molecule has 2 saturated heterocycles. The van der Waals surface area contributed by atoms with Crippen LogP contribution in [0.25, 0.3) is 0 Å². The Hall–Kier alpha value is -1.72. The van der Waals surface area contributed by atoms with Crippen LogP contribution in [0.1, 0.15) is 0 Å². The average molecular weight is 327 g/mol. The van der Waals surface area contributed by atoms with Crippen molar-refractivity contribution in [2.45, 2.75) is 0 Å². The molecule has 1 spiro atoms. The Morgan fingerprint density at radius 1 is 0.600 bits per heavy atom. The number of ether oxygens (including phenoxy) is 2. The number of carbonyl (C=O) groups excluding carboxylic acids is 4. The first-order valence-corrected chi connectivity index (χ1v) is 7.93. The Labute approximate surface area is 86.0 Å². The molecule has 2 aliphatic heterocycles. The van der Waals surface area contributed by atoms with E-state index < -0.39 is 44.7 Å². The van der Waals surface area contributed by atoms with Crippen LogP contribution in [0.3, 0.4) is 0 Å². The number of hydrogen-bond acceptors (Lipinski definition) is 10. The fraction of sp³-hybridized carbons (Fsp3) is 0. The number of cyclic esters (lactones) is 4. The Balaban J connectivity index is 2.24. The van der Waals surface area contributed by atoms with E-state index in [-0.39, 0.29) is 0 Å². The van der Waals surface area contributed by atoms with Crippen molar-refractivity contribution in [1.82, 2.24) is 0 Å². The van der Waals surface area contributed by atoms with Gasteiger partial charge in [-0.25, -0.2) is 0 Å². The molecule has 0 saturated carbocycles. The fourth-order valence-electron chi connectivity index (χ4n) is 0.753. The molecule has 11 heteroatoms. The quantitative estimate of drug-likeness (QED) is 0.342. The van der Waals surface area contributed by atoms with Gasteiger partial charge >= 0.3 is 85.6 Å². The summed E-state index contributed by atoms with van der Waals surface area (Å²) in [6, 6.07) is 0. The number of rotatable bonds is 0. The van der Waals surface area contributed by atoms with E-state index in [9.17, 15) is 19.2 Å². The van der Waals surface area contributed by atoms with Gasteiger partial charge in [-0.2, -0.15) is 0 Å². The van der Waals surface area contributed by atoms with Crippen LogP contribution < -0.4 is 0 Å². The first kappa shape index (κ1) is 9.82. The SMILES string of the molecule is O=C1OC(=O)[O][Sn]2([O]1)[O]C(=O)OC(=O)[O]2. The van der Waals surface area contributed by atoms with Gasteiger partial charge < -0.3 is 0 Å². The summed E-state index contributed by atoms with van der Waals surface area (Å²) in [6.07, 6.45) is -5.87. The van der Waals surface area contributed by atoms with Gasteiger partial charge in [0.1, 0.15) is 0 Å². The van der Waals surface area contributed by atoms with Gasteiger partial charge in [-0.3, -0.25) is 0 Å². The van der Waals surface area contributed by atoms with E-state index in [2.05, 4.69) is 21.8 Å². The summed E-state index contributed by atoms with van der Waals surface area (Å²) in [5, 5.41) is 0. The predicted octanol–water partition coefficient (Wildman–Crippen LogP) is 0.0288. The van der Waals surface area contributed by atoms with E-state index in [4.69, 9.17) is 0 Å². The zero-order chi connectivity index (χ0) is 11.1. The molecule has 15 heavy (non-hydrogen) atoms. The van der Waals surface area contributed by atoms with Crippen molar-refractivity contribution in [3.8, 4) is 0 Å². The van der Waals surface area contributed by atoms with Crippen molar-refractivity contribution in [1.29, 1.82) is 0 Å². The molecule has 0 aliphatic carbocycles. The summed E-state index contributed by atoms with van der Waals surface area (Å²) in [7, 11) is 0. The molecule has 0 N–H and O–H groups in total. The summed E-state index contributed by atoms with van der Waals surface area (Å²) >= 11 is -5.27. The molecule has 80 valence electrons. The maximum absolute atomic E-state index is 10.6. The molecule has 2 rings (SSSR count). The molecule has 2 aliphatic rings. The summed E-state index contributed by atoms with van der Waals surface area (Å²) in [5.74, 6) is 0. The topological polar surface area (TPSA) is 124 Å². The van der Waals surface area contributed by atoms with Gasteiger partial charge in [0.2, 0.25) is 0 Å². The summed E-state index contributed by atoms with van der Waals surface area (Å²) < 4.78 is 24.6. The standard InChI is InChI=1S/2C2H2O5.Sn/c2*3-1(4)7-2(5)6;/h2*(H,3,4)(H,5,6);/q;;+4/p-4. The van der Waals surface area contributed by atoms with Gasteiger partial charge in [-0.15, -0.1) is 0 Å². The molecule has 10 nitrogen and oxygen atoms in total. The van der Waals surface area contributed by atoms with Crippen molar-refractivity contribution in [2.75, 3.05) is 0 Å². The van der Waals surface area contributed by atoms with E-state index in [0.29, 0.717) is 0 Å². The van der Waals surface area contributed by atoms with E-state index >= 15 is 0 Å². The molecule has 0 unspecified atom stereocenters. The normalized spacial score (nSPS) is 22.9. The van der Waals surface area contributed by atoms with Crippen molar-refractivity contribution < 1.29 is 40.9 Å². The molecule has 2 heterocycles. The monoisotopic (exact) mass is 328 g/mol. The van der Waals surface area contributed by atoms with Gasteiger partial charge in [0, 0.05) is 0 Å². The molecular weight excluding hydrogens is 327 g/mol. The minimum atomic E-state index is -5.27. The van der Waals surface area contributed by atoms with Crippen LogP contribution in [-0.4, -0.2) is 44.7 Å².